The normalized spacial score (nSPS) is 16.2. The van der Waals surface area contributed by atoms with Crippen LogP contribution in [0.25, 0.3) is 0 Å². The fraction of sp³-hybridized carbons (Fsp3) is 1.00. The second kappa shape index (κ2) is 8.39. The predicted molar refractivity (Wildman–Crippen MR) is 65.7 cm³/mol. The summed E-state index contributed by atoms with van der Waals surface area (Å²) in [7, 11) is 2.10. The molecule has 0 aromatic carbocycles. The summed E-state index contributed by atoms with van der Waals surface area (Å²) in [5, 5.41) is 0. The van der Waals surface area contributed by atoms with Gasteiger partial charge in [-0.25, -0.2) is 0 Å². The summed E-state index contributed by atoms with van der Waals surface area (Å²) >= 11 is 4.08. The average Bonchev–Trinajstić information content (AvgIpc) is 3.03. The summed E-state index contributed by atoms with van der Waals surface area (Å²) < 4.78 is 10.9. The average molecular weight is 233 g/mol. The fourth-order valence-electron chi connectivity index (χ4n) is 1.25. The summed E-state index contributed by atoms with van der Waals surface area (Å²) in [6, 6.07) is 0. The quantitative estimate of drug-likeness (QED) is 0.454. The van der Waals surface area contributed by atoms with E-state index < -0.39 is 0 Å². The molecule has 0 bridgehead atoms. The van der Waals surface area contributed by atoms with Crippen LogP contribution >= 0.6 is 12.6 Å². The number of nitrogens with zero attached hydrogens (tertiary/aromatic N) is 1. The highest BCUT2D eigenvalue weighted by molar-refractivity contribution is 7.80. The molecule has 90 valence electrons. The number of likely N-dealkylation sites (N-methyl/N-ethyl adjacent to an activating group) is 1. The zero-order chi connectivity index (χ0) is 10.9. The number of rotatable bonds is 10. The molecule has 15 heavy (non-hydrogen) atoms. The molecule has 0 saturated heterocycles. The first kappa shape index (κ1) is 13.3. The third kappa shape index (κ3) is 8.08. The topological polar surface area (TPSA) is 21.7 Å². The molecule has 0 heterocycles. The Morgan fingerprint density at radius 1 is 1.13 bits per heavy atom. The molecule has 0 N–H and O–H groups in total. The standard InChI is InChI=1S/C11H23NO2S/c1-12(4-6-13-8-9-15)5-7-14-10-11-2-3-11/h11,15H,2-10H2,1H3. The molecular formula is C11H23NO2S. The molecule has 0 radical (unpaired) electrons. The molecule has 0 unspecified atom stereocenters. The van der Waals surface area contributed by atoms with Gasteiger partial charge in [0.15, 0.2) is 0 Å². The molecule has 1 aliphatic rings. The molecule has 1 saturated carbocycles. The van der Waals surface area contributed by atoms with E-state index >= 15 is 0 Å². The Hall–Kier alpha value is 0.230. The lowest BCUT2D eigenvalue weighted by Gasteiger charge is -2.16. The van der Waals surface area contributed by atoms with Gasteiger partial charge in [-0.1, -0.05) is 0 Å². The first-order chi connectivity index (χ1) is 7.33. The molecule has 1 fully saturated rings. The smallest absolute Gasteiger partial charge is 0.0593 e. The molecule has 0 aromatic heterocycles. The zero-order valence-electron chi connectivity index (χ0n) is 9.65. The molecule has 1 rings (SSSR count). The Morgan fingerprint density at radius 3 is 2.40 bits per heavy atom. The number of ether oxygens (including phenoxy) is 2. The minimum Gasteiger partial charge on any atom is -0.380 e. The van der Waals surface area contributed by atoms with E-state index in [1.54, 1.807) is 0 Å². The van der Waals surface area contributed by atoms with Crippen LogP contribution in [0.3, 0.4) is 0 Å². The SMILES string of the molecule is CN(CCOCCS)CCOCC1CC1. The van der Waals surface area contributed by atoms with Gasteiger partial charge in [-0.2, -0.15) is 12.6 Å². The molecule has 3 nitrogen and oxygen atoms in total. The maximum atomic E-state index is 5.56. The van der Waals surface area contributed by atoms with E-state index in [4.69, 9.17) is 9.47 Å². The van der Waals surface area contributed by atoms with E-state index in [0.717, 1.165) is 51.2 Å². The lowest BCUT2D eigenvalue weighted by atomic mass is 10.5. The van der Waals surface area contributed by atoms with Crippen LogP contribution in [-0.2, 0) is 9.47 Å². The van der Waals surface area contributed by atoms with Gasteiger partial charge in [0.1, 0.15) is 0 Å². The van der Waals surface area contributed by atoms with Crippen molar-refractivity contribution in [2.24, 2.45) is 5.92 Å². The summed E-state index contributed by atoms with van der Waals surface area (Å²) in [6.45, 7) is 5.32. The minimum absolute atomic E-state index is 0.745. The van der Waals surface area contributed by atoms with Crippen molar-refractivity contribution in [1.82, 2.24) is 4.90 Å². The molecular weight excluding hydrogens is 210 g/mol. The van der Waals surface area contributed by atoms with Gasteiger partial charge in [-0.3, -0.25) is 0 Å². The van der Waals surface area contributed by atoms with Crippen molar-refractivity contribution < 1.29 is 9.47 Å². The molecule has 0 spiro atoms. The monoisotopic (exact) mass is 233 g/mol. The highest BCUT2D eigenvalue weighted by Crippen LogP contribution is 2.28. The van der Waals surface area contributed by atoms with Crippen LogP contribution in [0.1, 0.15) is 12.8 Å². The number of thiol groups is 1. The van der Waals surface area contributed by atoms with Crippen LogP contribution in [-0.4, -0.2) is 57.2 Å². The lowest BCUT2D eigenvalue weighted by Crippen LogP contribution is -2.27. The highest BCUT2D eigenvalue weighted by Gasteiger charge is 2.20. The van der Waals surface area contributed by atoms with Crippen molar-refractivity contribution in [2.75, 3.05) is 52.3 Å². The molecule has 1 aliphatic carbocycles. The van der Waals surface area contributed by atoms with Crippen molar-refractivity contribution in [2.45, 2.75) is 12.8 Å². The number of hydrogen-bond donors (Lipinski definition) is 1. The van der Waals surface area contributed by atoms with Crippen LogP contribution in [0.15, 0.2) is 0 Å². The van der Waals surface area contributed by atoms with Crippen molar-refractivity contribution in [3.05, 3.63) is 0 Å². The minimum atomic E-state index is 0.745. The summed E-state index contributed by atoms with van der Waals surface area (Å²) in [5.74, 6) is 1.67. The van der Waals surface area contributed by atoms with Gasteiger partial charge in [0, 0.05) is 25.4 Å². The molecule has 0 atom stereocenters. The van der Waals surface area contributed by atoms with Crippen LogP contribution < -0.4 is 0 Å². The van der Waals surface area contributed by atoms with Crippen molar-refractivity contribution in [1.29, 1.82) is 0 Å². The van der Waals surface area contributed by atoms with Gasteiger partial charge in [0.25, 0.3) is 0 Å². The van der Waals surface area contributed by atoms with Crippen LogP contribution in [0.5, 0.6) is 0 Å². The summed E-state index contributed by atoms with van der Waals surface area (Å²) in [4.78, 5) is 2.24. The Bertz CT molecular complexity index is 154. The van der Waals surface area contributed by atoms with Gasteiger partial charge < -0.3 is 14.4 Å². The first-order valence-corrected chi connectivity index (χ1v) is 6.41. The van der Waals surface area contributed by atoms with Crippen LogP contribution in [0.2, 0.25) is 0 Å². The Kier molecular flexibility index (Phi) is 7.44. The Morgan fingerprint density at radius 2 is 1.80 bits per heavy atom. The second-order valence-electron chi connectivity index (χ2n) is 4.16. The van der Waals surface area contributed by atoms with E-state index in [1.165, 1.54) is 12.8 Å². The van der Waals surface area contributed by atoms with E-state index in [2.05, 4.69) is 24.6 Å². The molecule has 0 amide bonds. The Balaban J connectivity index is 1.77. The fourth-order valence-corrected chi connectivity index (χ4v) is 1.38. The molecule has 4 heteroatoms. The van der Waals surface area contributed by atoms with Crippen LogP contribution in [0, 0.1) is 5.92 Å². The number of hydrogen-bond acceptors (Lipinski definition) is 4. The lowest BCUT2D eigenvalue weighted by molar-refractivity contribution is 0.0847. The van der Waals surface area contributed by atoms with Crippen molar-refractivity contribution in [3.8, 4) is 0 Å². The van der Waals surface area contributed by atoms with E-state index in [0.29, 0.717) is 0 Å². The maximum Gasteiger partial charge on any atom is 0.0593 e. The highest BCUT2D eigenvalue weighted by atomic mass is 32.1. The molecule has 0 aromatic rings. The van der Waals surface area contributed by atoms with Gasteiger partial charge in [-0.15, -0.1) is 0 Å². The molecule has 0 aliphatic heterocycles. The van der Waals surface area contributed by atoms with E-state index in [1.807, 2.05) is 0 Å². The largest absolute Gasteiger partial charge is 0.380 e. The van der Waals surface area contributed by atoms with E-state index in [-0.39, 0.29) is 0 Å². The first-order valence-electron chi connectivity index (χ1n) is 5.78. The van der Waals surface area contributed by atoms with Crippen molar-refractivity contribution in [3.63, 3.8) is 0 Å². The van der Waals surface area contributed by atoms with E-state index in [9.17, 15) is 0 Å². The summed E-state index contributed by atoms with van der Waals surface area (Å²) in [5.41, 5.74) is 0. The van der Waals surface area contributed by atoms with Gasteiger partial charge >= 0.3 is 0 Å². The Labute approximate surface area is 98.5 Å². The summed E-state index contributed by atoms with van der Waals surface area (Å²) in [6.07, 6.45) is 2.74. The third-order valence-electron chi connectivity index (χ3n) is 2.52. The zero-order valence-corrected chi connectivity index (χ0v) is 10.5. The maximum absolute atomic E-state index is 5.56. The van der Waals surface area contributed by atoms with Gasteiger partial charge in [0.05, 0.1) is 19.8 Å². The third-order valence-corrected chi connectivity index (χ3v) is 2.70. The van der Waals surface area contributed by atoms with Crippen LogP contribution in [0.4, 0.5) is 0 Å². The van der Waals surface area contributed by atoms with Gasteiger partial charge in [0.2, 0.25) is 0 Å². The predicted octanol–water partition coefficient (Wildman–Crippen LogP) is 1.29. The second-order valence-corrected chi connectivity index (χ2v) is 4.60. The van der Waals surface area contributed by atoms with Crippen molar-refractivity contribution >= 4 is 12.6 Å². The van der Waals surface area contributed by atoms with Gasteiger partial charge in [-0.05, 0) is 25.8 Å².